The van der Waals surface area contributed by atoms with Crippen molar-refractivity contribution in [1.82, 2.24) is 5.32 Å². The average molecular weight is 217 g/mol. The van der Waals surface area contributed by atoms with Crippen molar-refractivity contribution in [2.75, 3.05) is 0 Å². The van der Waals surface area contributed by atoms with E-state index in [9.17, 15) is 4.79 Å². The molecule has 1 saturated heterocycles. The molecule has 0 aliphatic carbocycles. The van der Waals surface area contributed by atoms with Crippen LogP contribution in [0.5, 0.6) is 0 Å². The fourth-order valence-electron chi connectivity index (χ4n) is 2.52. The second kappa shape index (κ2) is 5.15. The molecule has 1 heterocycles. The number of amides is 1. The predicted octanol–water partition coefficient (Wildman–Crippen LogP) is 2.53. The van der Waals surface area contributed by atoms with Gasteiger partial charge in [-0.05, 0) is 24.3 Å². The Kier molecular flexibility index (Phi) is 3.60. The third-order valence-electron chi connectivity index (χ3n) is 3.32. The van der Waals surface area contributed by atoms with Gasteiger partial charge in [-0.3, -0.25) is 4.79 Å². The summed E-state index contributed by atoms with van der Waals surface area (Å²) in [6.07, 6.45) is 3.99. The largest absolute Gasteiger partial charge is 0.353 e. The maximum Gasteiger partial charge on any atom is 0.220 e. The van der Waals surface area contributed by atoms with E-state index < -0.39 is 0 Å². The van der Waals surface area contributed by atoms with Crippen LogP contribution in [0.15, 0.2) is 30.3 Å². The highest BCUT2D eigenvalue weighted by atomic mass is 16.2. The van der Waals surface area contributed by atoms with Crippen molar-refractivity contribution in [3.05, 3.63) is 35.9 Å². The van der Waals surface area contributed by atoms with Gasteiger partial charge in [-0.15, -0.1) is 0 Å². The Bertz CT molecular complexity index is 347. The van der Waals surface area contributed by atoms with E-state index in [2.05, 4.69) is 36.5 Å². The number of carbonyl (C=O) groups excluding carboxylic acids is 1. The highest BCUT2D eigenvalue weighted by Crippen LogP contribution is 2.24. The number of rotatable bonds is 4. The van der Waals surface area contributed by atoms with Crippen LogP contribution in [0.2, 0.25) is 0 Å². The Morgan fingerprint density at radius 3 is 2.75 bits per heavy atom. The fourth-order valence-corrected chi connectivity index (χ4v) is 2.52. The fraction of sp³-hybridized carbons (Fsp3) is 0.500. The van der Waals surface area contributed by atoms with Crippen LogP contribution in [0, 0.1) is 5.92 Å². The lowest BCUT2D eigenvalue weighted by atomic mass is 9.91. The molecule has 2 heteroatoms. The summed E-state index contributed by atoms with van der Waals surface area (Å²) < 4.78 is 0. The number of carbonyl (C=O) groups is 1. The van der Waals surface area contributed by atoms with Gasteiger partial charge >= 0.3 is 0 Å². The van der Waals surface area contributed by atoms with Crippen LogP contribution in [0.25, 0.3) is 0 Å². The summed E-state index contributed by atoms with van der Waals surface area (Å²) in [6, 6.07) is 10.7. The van der Waals surface area contributed by atoms with Gasteiger partial charge in [-0.1, -0.05) is 43.7 Å². The van der Waals surface area contributed by atoms with Crippen LogP contribution in [0.3, 0.4) is 0 Å². The van der Waals surface area contributed by atoms with Crippen LogP contribution < -0.4 is 5.32 Å². The van der Waals surface area contributed by atoms with Crippen molar-refractivity contribution in [3.8, 4) is 0 Å². The summed E-state index contributed by atoms with van der Waals surface area (Å²) >= 11 is 0. The molecular formula is C14H19NO. The SMILES string of the molecule is CCCC1CC(=O)NC1Cc1ccccc1. The van der Waals surface area contributed by atoms with Crippen molar-refractivity contribution in [3.63, 3.8) is 0 Å². The molecule has 1 amide bonds. The summed E-state index contributed by atoms with van der Waals surface area (Å²) in [4.78, 5) is 11.4. The number of hydrogen-bond donors (Lipinski definition) is 1. The first-order valence-electron chi connectivity index (χ1n) is 6.13. The summed E-state index contributed by atoms with van der Waals surface area (Å²) in [5, 5.41) is 3.10. The monoisotopic (exact) mass is 217 g/mol. The van der Waals surface area contributed by atoms with Gasteiger partial charge in [0, 0.05) is 12.5 Å². The Morgan fingerprint density at radius 1 is 1.31 bits per heavy atom. The van der Waals surface area contributed by atoms with E-state index in [1.807, 2.05) is 6.07 Å². The van der Waals surface area contributed by atoms with E-state index >= 15 is 0 Å². The molecule has 0 saturated carbocycles. The first-order chi connectivity index (χ1) is 7.79. The maximum absolute atomic E-state index is 11.4. The molecule has 0 spiro atoms. The molecule has 1 N–H and O–H groups in total. The van der Waals surface area contributed by atoms with Crippen LogP contribution in [0.4, 0.5) is 0 Å². The molecule has 1 aliphatic heterocycles. The highest BCUT2D eigenvalue weighted by molar-refractivity contribution is 5.79. The molecule has 1 fully saturated rings. The number of nitrogens with one attached hydrogen (secondary N) is 1. The average Bonchev–Trinajstić information content (AvgIpc) is 2.61. The van der Waals surface area contributed by atoms with Crippen LogP contribution in [-0.4, -0.2) is 11.9 Å². The van der Waals surface area contributed by atoms with Crippen LogP contribution in [-0.2, 0) is 11.2 Å². The van der Waals surface area contributed by atoms with Gasteiger partial charge in [0.25, 0.3) is 0 Å². The second-order valence-corrected chi connectivity index (χ2v) is 4.62. The topological polar surface area (TPSA) is 29.1 Å². The summed E-state index contributed by atoms with van der Waals surface area (Å²) in [6.45, 7) is 2.18. The molecular weight excluding hydrogens is 198 g/mol. The Morgan fingerprint density at radius 2 is 2.06 bits per heavy atom. The third-order valence-corrected chi connectivity index (χ3v) is 3.32. The van der Waals surface area contributed by atoms with Crippen molar-refractivity contribution in [1.29, 1.82) is 0 Å². The predicted molar refractivity (Wildman–Crippen MR) is 65.1 cm³/mol. The van der Waals surface area contributed by atoms with E-state index in [-0.39, 0.29) is 5.91 Å². The minimum Gasteiger partial charge on any atom is -0.353 e. The van der Waals surface area contributed by atoms with Crippen molar-refractivity contribution < 1.29 is 4.79 Å². The zero-order chi connectivity index (χ0) is 11.4. The summed E-state index contributed by atoms with van der Waals surface area (Å²) in [7, 11) is 0. The molecule has 86 valence electrons. The first-order valence-corrected chi connectivity index (χ1v) is 6.13. The van der Waals surface area contributed by atoms with Crippen molar-refractivity contribution in [2.24, 2.45) is 5.92 Å². The molecule has 2 nitrogen and oxygen atoms in total. The molecule has 1 aromatic carbocycles. The molecule has 1 aliphatic rings. The second-order valence-electron chi connectivity index (χ2n) is 4.62. The summed E-state index contributed by atoms with van der Waals surface area (Å²) in [5.41, 5.74) is 1.32. The Labute approximate surface area is 97.1 Å². The molecule has 0 radical (unpaired) electrons. The number of benzene rings is 1. The van der Waals surface area contributed by atoms with Gasteiger partial charge in [0.1, 0.15) is 0 Å². The standard InChI is InChI=1S/C14H19NO/c1-2-6-12-10-14(16)15-13(12)9-11-7-4-3-5-8-11/h3-5,7-8,12-13H,2,6,9-10H2,1H3,(H,15,16). The van der Waals surface area contributed by atoms with Gasteiger partial charge in [-0.25, -0.2) is 0 Å². The lowest BCUT2D eigenvalue weighted by molar-refractivity contribution is -0.119. The van der Waals surface area contributed by atoms with Gasteiger partial charge in [0.2, 0.25) is 5.91 Å². The molecule has 16 heavy (non-hydrogen) atoms. The molecule has 2 rings (SSSR count). The normalized spacial score (nSPS) is 24.4. The molecule has 0 aromatic heterocycles. The first kappa shape index (κ1) is 11.2. The minimum atomic E-state index is 0.222. The maximum atomic E-state index is 11.4. The molecule has 2 unspecified atom stereocenters. The van der Waals surface area contributed by atoms with Crippen molar-refractivity contribution in [2.45, 2.75) is 38.6 Å². The molecule has 2 atom stereocenters. The minimum absolute atomic E-state index is 0.222. The third kappa shape index (κ3) is 2.63. The summed E-state index contributed by atoms with van der Waals surface area (Å²) in [5.74, 6) is 0.747. The Balaban J connectivity index is 2.00. The van der Waals surface area contributed by atoms with Gasteiger partial charge in [0.05, 0.1) is 0 Å². The lowest BCUT2D eigenvalue weighted by Crippen LogP contribution is -2.31. The van der Waals surface area contributed by atoms with E-state index in [1.165, 1.54) is 5.56 Å². The highest BCUT2D eigenvalue weighted by Gasteiger charge is 2.31. The van der Waals surface area contributed by atoms with Crippen LogP contribution >= 0.6 is 0 Å². The number of hydrogen-bond acceptors (Lipinski definition) is 1. The van der Waals surface area contributed by atoms with E-state index in [0.717, 1.165) is 19.3 Å². The Hall–Kier alpha value is -1.31. The lowest BCUT2D eigenvalue weighted by Gasteiger charge is -2.18. The van der Waals surface area contributed by atoms with E-state index in [1.54, 1.807) is 0 Å². The molecule has 0 bridgehead atoms. The van der Waals surface area contributed by atoms with Gasteiger partial charge in [0.15, 0.2) is 0 Å². The zero-order valence-corrected chi connectivity index (χ0v) is 9.78. The smallest absolute Gasteiger partial charge is 0.220 e. The van der Waals surface area contributed by atoms with Gasteiger partial charge < -0.3 is 5.32 Å². The van der Waals surface area contributed by atoms with E-state index in [0.29, 0.717) is 18.4 Å². The van der Waals surface area contributed by atoms with Crippen molar-refractivity contribution >= 4 is 5.91 Å². The van der Waals surface area contributed by atoms with E-state index in [4.69, 9.17) is 0 Å². The van der Waals surface area contributed by atoms with Crippen LogP contribution in [0.1, 0.15) is 31.7 Å². The zero-order valence-electron chi connectivity index (χ0n) is 9.78. The molecule has 1 aromatic rings. The van der Waals surface area contributed by atoms with Gasteiger partial charge in [-0.2, -0.15) is 0 Å². The quantitative estimate of drug-likeness (QED) is 0.825.